The van der Waals surface area contributed by atoms with Crippen LogP contribution in [0.5, 0.6) is 17.2 Å². The summed E-state index contributed by atoms with van der Waals surface area (Å²) < 4.78 is 19.3. The van der Waals surface area contributed by atoms with E-state index < -0.39 is 12.1 Å². The predicted octanol–water partition coefficient (Wildman–Crippen LogP) is 6.04. The summed E-state index contributed by atoms with van der Waals surface area (Å²) in [7, 11) is 1.61. The fourth-order valence-corrected chi connectivity index (χ4v) is 5.36. The first-order valence-electron chi connectivity index (χ1n) is 13.1. The second-order valence-electron chi connectivity index (χ2n) is 9.51. The van der Waals surface area contributed by atoms with Crippen molar-refractivity contribution in [2.75, 3.05) is 20.3 Å². The summed E-state index contributed by atoms with van der Waals surface area (Å²) in [5.74, 6) is 1.70. The molecule has 204 valence electrons. The molecule has 0 saturated carbocycles. The lowest BCUT2D eigenvalue weighted by Crippen LogP contribution is -2.42. The number of hydrogen-bond acceptors (Lipinski definition) is 6. The Hall–Kier alpha value is -4.50. The predicted molar refractivity (Wildman–Crippen MR) is 151 cm³/mol. The van der Waals surface area contributed by atoms with Crippen LogP contribution < -0.4 is 14.2 Å². The van der Waals surface area contributed by atoms with Gasteiger partial charge in [-0.1, -0.05) is 41.1 Å². The van der Waals surface area contributed by atoms with Crippen molar-refractivity contribution in [3.8, 4) is 17.2 Å². The maximum atomic E-state index is 13.5. The number of para-hydroxylation sites is 1. The molecule has 0 radical (unpaired) electrons. The molecule has 9 nitrogen and oxygen atoms in total. The van der Waals surface area contributed by atoms with Gasteiger partial charge < -0.3 is 19.2 Å². The van der Waals surface area contributed by atoms with Gasteiger partial charge in [-0.25, -0.2) is 4.79 Å². The number of carbonyl (C=O) groups excluding carboxylic acids is 1. The minimum Gasteiger partial charge on any atom is -0.493 e. The summed E-state index contributed by atoms with van der Waals surface area (Å²) in [5.41, 5.74) is 3.91. The molecule has 1 unspecified atom stereocenters. The fraction of sp³-hybridized carbons (Fsp3) is 0.233. The molecule has 0 aliphatic carbocycles. The van der Waals surface area contributed by atoms with E-state index in [0.717, 1.165) is 34.1 Å². The zero-order valence-electron chi connectivity index (χ0n) is 21.9. The quantitative estimate of drug-likeness (QED) is 0.234. The highest BCUT2D eigenvalue weighted by Gasteiger charge is 2.36. The maximum Gasteiger partial charge on any atom is 0.416 e. The molecule has 0 saturated heterocycles. The zero-order chi connectivity index (χ0) is 27.5. The van der Waals surface area contributed by atoms with Crippen LogP contribution >= 0.6 is 11.6 Å². The number of rotatable bonds is 8. The molecule has 1 N–H and O–H groups in total. The molecule has 10 heteroatoms. The summed E-state index contributed by atoms with van der Waals surface area (Å²) in [6.07, 6.45) is 4.48. The Bertz CT molecular complexity index is 1620. The van der Waals surface area contributed by atoms with E-state index in [2.05, 4.69) is 15.3 Å². The Kier molecular flexibility index (Phi) is 7.29. The Morgan fingerprint density at radius 1 is 1.10 bits per heavy atom. The number of benzene rings is 3. The highest BCUT2D eigenvalue weighted by molar-refractivity contribution is 6.31. The van der Waals surface area contributed by atoms with E-state index in [1.807, 2.05) is 60.8 Å². The summed E-state index contributed by atoms with van der Waals surface area (Å²) >= 11 is 6.34. The van der Waals surface area contributed by atoms with Crippen molar-refractivity contribution in [1.82, 2.24) is 24.9 Å². The average Bonchev–Trinajstić information content (AvgIpc) is 3.63. The first kappa shape index (κ1) is 25.8. The third-order valence-corrected chi connectivity index (χ3v) is 7.27. The number of nitrogens with zero attached hydrogens (tertiary/aromatic N) is 4. The van der Waals surface area contributed by atoms with Gasteiger partial charge in [0.25, 0.3) is 0 Å². The van der Waals surface area contributed by atoms with E-state index in [4.69, 9.17) is 25.8 Å². The molecule has 0 spiro atoms. The lowest BCUT2D eigenvalue weighted by molar-refractivity contribution is 0.135. The number of aromatic nitrogens is 4. The van der Waals surface area contributed by atoms with E-state index in [9.17, 15) is 4.79 Å². The number of ether oxygens (including phenoxy) is 3. The van der Waals surface area contributed by atoms with Crippen LogP contribution in [0.1, 0.15) is 29.3 Å². The minimum absolute atomic E-state index is 0.425. The van der Waals surface area contributed by atoms with Crippen molar-refractivity contribution in [2.45, 2.75) is 25.4 Å². The van der Waals surface area contributed by atoms with Gasteiger partial charge in [0.2, 0.25) is 0 Å². The highest BCUT2D eigenvalue weighted by atomic mass is 35.5. The van der Waals surface area contributed by atoms with Crippen molar-refractivity contribution < 1.29 is 19.0 Å². The molecule has 1 amide bonds. The van der Waals surface area contributed by atoms with Crippen molar-refractivity contribution in [2.24, 2.45) is 0 Å². The van der Waals surface area contributed by atoms with Crippen LogP contribution in [0.3, 0.4) is 0 Å². The lowest BCUT2D eigenvalue weighted by Gasteiger charge is -2.35. The number of amides is 1. The molecular weight excluding hydrogens is 530 g/mol. The maximum absolute atomic E-state index is 13.5. The minimum atomic E-state index is -0.429. The molecule has 3 heterocycles. The smallest absolute Gasteiger partial charge is 0.416 e. The zero-order valence-corrected chi connectivity index (χ0v) is 22.7. The number of nitrogens with one attached hydrogen (secondary N) is 1. The van der Waals surface area contributed by atoms with Crippen molar-refractivity contribution in [3.05, 3.63) is 101 Å². The third kappa shape index (κ3) is 5.20. The largest absolute Gasteiger partial charge is 0.493 e. The molecular formula is C30H28ClN5O4. The fourth-order valence-electron chi connectivity index (χ4n) is 5.19. The van der Waals surface area contributed by atoms with Crippen molar-refractivity contribution in [3.63, 3.8) is 0 Å². The van der Waals surface area contributed by atoms with Gasteiger partial charge >= 0.3 is 6.09 Å². The Morgan fingerprint density at radius 3 is 2.77 bits per heavy atom. The van der Waals surface area contributed by atoms with Gasteiger partial charge in [0.05, 0.1) is 19.9 Å². The van der Waals surface area contributed by atoms with Crippen molar-refractivity contribution in [1.29, 1.82) is 0 Å². The van der Waals surface area contributed by atoms with Crippen LogP contribution in [0.2, 0.25) is 5.02 Å². The Morgan fingerprint density at radius 2 is 1.98 bits per heavy atom. The number of methoxy groups -OCH3 is 1. The first-order valence-corrected chi connectivity index (χ1v) is 13.5. The molecule has 1 atom stereocenters. The van der Waals surface area contributed by atoms with Crippen LogP contribution in [0.4, 0.5) is 4.79 Å². The molecule has 2 aromatic heterocycles. The van der Waals surface area contributed by atoms with E-state index in [1.54, 1.807) is 35.0 Å². The summed E-state index contributed by atoms with van der Waals surface area (Å²) in [4.78, 5) is 18.8. The van der Waals surface area contributed by atoms with Crippen molar-refractivity contribution >= 4 is 28.6 Å². The standard InChI is InChI=1S/C30H28ClN5O4/c1-38-27-18-20(8-11-26(27)39-17-5-14-35-16-13-32-34-35)29-28-23(24-19-21(31)9-10-25(24)33-28)12-15-36(29)30(37)40-22-6-3-2-4-7-22/h2-4,6-11,13,16,18-19,29,33H,5,12,14-15,17H2,1H3. The normalized spacial score (nSPS) is 14.7. The molecule has 3 aromatic carbocycles. The number of aryl methyl sites for hydroxylation is 1. The number of hydrogen-bond donors (Lipinski definition) is 1. The number of aromatic amines is 1. The van der Waals surface area contributed by atoms with Crippen LogP contribution in [-0.2, 0) is 13.0 Å². The van der Waals surface area contributed by atoms with Crippen LogP contribution in [-0.4, -0.2) is 51.2 Å². The molecule has 1 aliphatic rings. The second-order valence-corrected chi connectivity index (χ2v) is 9.95. The van der Waals surface area contributed by atoms with Crippen LogP contribution in [0.25, 0.3) is 10.9 Å². The number of halogens is 1. The molecule has 6 rings (SSSR count). The number of carbonyl (C=O) groups is 1. The van der Waals surface area contributed by atoms with Crippen LogP contribution in [0.15, 0.2) is 79.1 Å². The summed E-state index contributed by atoms with van der Waals surface area (Å²) in [6, 6.07) is 20.2. The Balaban J connectivity index is 1.32. The highest BCUT2D eigenvalue weighted by Crippen LogP contribution is 2.41. The van der Waals surface area contributed by atoms with E-state index >= 15 is 0 Å². The van der Waals surface area contributed by atoms with Gasteiger partial charge in [-0.15, -0.1) is 5.10 Å². The number of fused-ring (bicyclic) bond motifs is 3. The van der Waals surface area contributed by atoms with Gasteiger partial charge in [-0.2, -0.15) is 0 Å². The van der Waals surface area contributed by atoms with E-state index in [1.165, 1.54) is 0 Å². The average molecular weight is 558 g/mol. The van der Waals surface area contributed by atoms with E-state index in [-0.39, 0.29) is 0 Å². The second kappa shape index (κ2) is 11.3. The third-order valence-electron chi connectivity index (χ3n) is 7.04. The topological polar surface area (TPSA) is 94.5 Å². The molecule has 40 heavy (non-hydrogen) atoms. The van der Waals surface area contributed by atoms with Gasteiger partial charge in [-0.3, -0.25) is 9.58 Å². The summed E-state index contributed by atoms with van der Waals surface area (Å²) in [6.45, 7) is 1.67. The Labute approximate surface area is 236 Å². The lowest BCUT2D eigenvalue weighted by atomic mass is 9.92. The first-order chi connectivity index (χ1) is 19.6. The molecule has 1 aliphatic heterocycles. The van der Waals surface area contributed by atoms with Gasteiger partial charge in [0.1, 0.15) is 11.8 Å². The van der Waals surface area contributed by atoms with E-state index in [0.29, 0.717) is 48.4 Å². The number of H-pyrrole nitrogens is 1. The monoisotopic (exact) mass is 557 g/mol. The SMILES string of the molecule is COc1cc(C2c3[nH]c4ccc(Cl)cc4c3CCN2C(=O)Oc2ccccc2)ccc1OCCCn1ccnn1. The van der Waals surface area contributed by atoms with Crippen LogP contribution in [0, 0.1) is 0 Å². The van der Waals surface area contributed by atoms with Gasteiger partial charge in [0.15, 0.2) is 11.5 Å². The van der Waals surface area contributed by atoms with Gasteiger partial charge in [-0.05, 0) is 60.0 Å². The summed E-state index contributed by atoms with van der Waals surface area (Å²) in [5, 5.41) is 9.53. The van der Waals surface area contributed by atoms with Gasteiger partial charge in [0, 0.05) is 47.3 Å². The molecule has 0 fully saturated rings. The molecule has 5 aromatic rings. The molecule has 0 bridgehead atoms.